The molecule has 0 aromatic rings. The first kappa shape index (κ1) is 7.52. The largest absolute Gasteiger partial charge is 0.505 e. The van der Waals surface area contributed by atoms with E-state index in [9.17, 15) is 9.59 Å². The Morgan fingerprint density at radius 1 is 1.45 bits per heavy atom. The van der Waals surface area contributed by atoms with Crippen molar-refractivity contribution in [3.63, 3.8) is 0 Å². The molecule has 0 atom stereocenters. The molecule has 0 radical (unpaired) electrons. The van der Waals surface area contributed by atoms with Crippen molar-refractivity contribution in [2.45, 2.75) is 0 Å². The molecule has 3 N–H and O–H groups in total. The number of nitrogens with one attached hydrogen (secondary N) is 1. The summed E-state index contributed by atoms with van der Waals surface area (Å²) in [7, 11) is 0. The van der Waals surface area contributed by atoms with E-state index in [-0.39, 0.29) is 12.4 Å². The lowest BCUT2D eigenvalue weighted by Crippen LogP contribution is -2.72. The maximum absolute atomic E-state index is 10.3. The molecular weight excluding hydrogens is 152 g/mol. The van der Waals surface area contributed by atoms with Gasteiger partial charge in [-0.25, -0.2) is 4.79 Å². The van der Waals surface area contributed by atoms with Crippen molar-refractivity contribution in [2.24, 2.45) is 0 Å². The molecule has 1 aliphatic rings. The molecule has 0 fully saturated rings. The Hall–Kier alpha value is -1.59. The van der Waals surface area contributed by atoms with Gasteiger partial charge in [-0.05, 0) is 0 Å². The minimum atomic E-state index is -1.25. The molecule has 1 rings (SSSR count). The minimum absolute atomic E-state index is 0.191. The van der Waals surface area contributed by atoms with E-state index < -0.39 is 12.1 Å². The number of aliphatic carboxylic acids is 1. The van der Waals surface area contributed by atoms with E-state index >= 15 is 0 Å². The van der Waals surface area contributed by atoms with E-state index in [1.165, 1.54) is 0 Å². The van der Waals surface area contributed by atoms with Crippen LogP contribution in [0.25, 0.3) is 0 Å². The average Bonchev–Trinajstić information content (AvgIpc) is 2.32. The zero-order chi connectivity index (χ0) is 8.43. The molecule has 0 saturated heterocycles. The van der Waals surface area contributed by atoms with Crippen LogP contribution in [0.5, 0.6) is 0 Å². The SMILES string of the molecule is O=C(O)C1=[NH+]CCN1C(=O)O. The second kappa shape index (κ2) is 2.57. The maximum Gasteiger partial charge on any atom is 0.505 e. The van der Waals surface area contributed by atoms with Crippen LogP contribution in [0.2, 0.25) is 0 Å². The third-order valence-electron chi connectivity index (χ3n) is 1.33. The number of carboxylic acid groups (broad SMARTS) is 2. The number of hydrogen-bond acceptors (Lipinski definition) is 2. The van der Waals surface area contributed by atoms with Crippen LogP contribution in [-0.4, -0.2) is 46.1 Å². The van der Waals surface area contributed by atoms with Gasteiger partial charge < -0.3 is 10.2 Å². The summed E-state index contributed by atoms with van der Waals surface area (Å²) in [5.74, 6) is -1.51. The van der Waals surface area contributed by atoms with Gasteiger partial charge in [0.05, 0.1) is 0 Å². The van der Waals surface area contributed by atoms with Crippen molar-refractivity contribution in [2.75, 3.05) is 13.1 Å². The second-order valence-corrected chi connectivity index (χ2v) is 2.01. The summed E-state index contributed by atoms with van der Waals surface area (Å²) in [5.41, 5.74) is 0. The third kappa shape index (κ3) is 1.28. The fourth-order valence-electron chi connectivity index (χ4n) is 0.876. The Morgan fingerprint density at radius 2 is 2.09 bits per heavy atom. The summed E-state index contributed by atoms with van der Waals surface area (Å²) in [6.07, 6.45) is -1.24. The summed E-state index contributed by atoms with van der Waals surface area (Å²) in [4.78, 5) is 23.8. The van der Waals surface area contributed by atoms with Gasteiger partial charge >= 0.3 is 17.9 Å². The predicted molar refractivity (Wildman–Crippen MR) is 33.2 cm³/mol. The van der Waals surface area contributed by atoms with Crippen molar-refractivity contribution < 1.29 is 24.8 Å². The van der Waals surface area contributed by atoms with Gasteiger partial charge in [0.2, 0.25) is 0 Å². The summed E-state index contributed by atoms with van der Waals surface area (Å²) in [5, 5.41) is 16.9. The van der Waals surface area contributed by atoms with Crippen LogP contribution in [-0.2, 0) is 4.79 Å². The molecule has 0 aromatic carbocycles. The molecule has 60 valence electrons. The smallest absolute Gasteiger partial charge is 0.472 e. The van der Waals surface area contributed by atoms with Crippen molar-refractivity contribution in [1.82, 2.24) is 4.90 Å². The van der Waals surface area contributed by atoms with Crippen LogP contribution in [0.1, 0.15) is 0 Å². The normalized spacial score (nSPS) is 16.4. The highest BCUT2D eigenvalue weighted by atomic mass is 16.4. The summed E-state index contributed by atoms with van der Waals surface area (Å²) in [6, 6.07) is 0. The highest BCUT2D eigenvalue weighted by Gasteiger charge is 2.36. The lowest BCUT2D eigenvalue weighted by molar-refractivity contribution is -0.444. The zero-order valence-electron chi connectivity index (χ0n) is 5.57. The first-order valence-corrected chi connectivity index (χ1v) is 2.97. The Bertz CT molecular complexity index is 235. The van der Waals surface area contributed by atoms with Gasteiger partial charge in [0.25, 0.3) is 0 Å². The quantitative estimate of drug-likeness (QED) is 0.396. The molecular formula is C5H7N2O4+. The molecule has 0 aromatic heterocycles. The first-order valence-electron chi connectivity index (χ1n) is 2.97. The molecule has 1 aliphatic heterocycles. The average molecular weight is 159 g/mol. The van der Waals surface area contributed by atoms with Crippen molar-refractivity contribution in [1.29, 1.82) is 0 Å². The van der Waals surface area contributed by atoms with Crippen LogP contribution < -0.4 is 4.99 Å². The molecule has 0 saturated carbocycles. The molecule has 0 aliphatic carbocycles. The molecule has 1 amide bonds. The molecule has 1 heterocycles. The fourth-order valence-corrected chi connectivity index (χ4v) is 0.876. The lowest BCUT2D eigenvalue weighted by atomic mass is 10.5. The van der Waals surface area contributed by atoms with Gasteiger partial charge in [0.15, 0.2) is 0 Å². The highest BCUT2D eigenvalue weighted by molar-refractivity contribution is 6.34. The van der Waals surface area contributed by atoms with Crippen LogP contribution >= 0.6 is 0 Å². The number of amides is 1. The third-order valence-corrected chi connectivity index (χ3v) is 1.33. The van der Waals surface area contributed by atoms with Gasteiger partial charge in [-0.3, -0.25) is 4.99 Å². The Kier molecular flexibility index (Phi) is 1.75. The Morgan fingerprint density at radius 3 is 2.45 bits per heavy atom. The Balaban J connectivity index is 2.79. The van der Waals surface area contributed by atoms with Crippen molar-refractivity contribution in [3.8, 4) is 0 Å². The molecule has 6 heteroatoms. The maximum atomic E-state index is 10.3. The molecule has 6 nitrogen and oxygen atoms in total. The van der Waals surface area contributed by atoms with E-state index in [1.807, 2.05) is 0 Å². The number of carbonyl (C=O) groups is 2. The molecule has 0 unspecified atom stereocenters. The van der Waals surface area contributed by atoms with Crippen LogP contribution in [0.15, 0.2) is 0 Å². The summed E-state index contributed by atoms with van der Waals surface area (Å²) in [6.45, 7) is 0.547. The van der Waals surface area contributed by atoms with Crippen molar-refractivity contribution in [3.05, 3.63) is 0 Å². The number of carboxylic acids is 1. The van der Waals surface area contributed by atoms with E-state index in [1.54, 1.807) is 0 Å². The topological polar surface area (TPSA) is 91.8 Å². The van der Waals surface area contributed by atoms with Crippen LogP contribution in [0.3, 0.4) is 0 Å². The van der Waals surface area contributed by atoms with Gasteiger partial charge in [-0.15, -0.1) is 4.90 Å². The van der Waals surface area contributed by atoms with Gasteiger partial charge in [0.1, 0.15) is 13.1 Å². The first-order chi connectivity index (χ1) is 5.13. The molecule has 0 bridgehead atoms. The zero-order valence-corrected chi connectivity index (χ0v) is 5.57. The lowest BCUT2D eigenvalue weighted by Gasteiger charge is -2.00. The molecule has 0 spiro atoms. The van der Waals surface area contributed by atoms with Crippen LogP contribution in [0.4, 0.5) is 4.79 Å². The molecule has 11 heavy (non-hydrogen) atoms. The fraction of sp³-hybridized carbons (Fsp3) is 0.400. The number of hydrogen-bond donors (Lipinski definition) is 3. The highest BCUT2D eigenvalue weighted by Crippen LogP contribution is 1.90. The monoisotopic (exact) mass is 159 g/mol. The van der Waals surface area contributed by atoms with Gasteiger partial charge in [-0.1, -0.05) is 0 Å². The van der Waals surface area contributed by atoms with E-state index in [2.05, 4.69) is 4.99 Å². The Labute approximate surface area is 61.8 Å². The number of rotatable bonds is 1. The second-order valence-electron chi connectivity index (χ2n) is 2.01. The summed E-state index contributed by atoms with van der Waals surface area (Å²) >= 11 is 0. The summed E-state index contributed by atoms with van der Waals surface area (Å²) < 4.78 is 0. The predicted octanol–water partition coefficient (Wildman–Crippen LogP) is -2.46. The van der Waals surface area contributed by atoms with Gasteiger partial charge in [-0.2, -0.15) is 4.79 Å². The van der Waals surface area contributed by atoms with Gasteiger partial charge in [0, 0.05) is 0 Å². The van der Waals surface area contributed by atoms with Crippen molar-refractivity contribution >= 4 is 17.9 Å². The van der Waals surface area contributed by atoms with E-state index in [0.717, 1.165) is 4.90 Å². The van der Waals surface area contributed by atoms with E-state index in [0.29, 0.717) is 6.54 Å². The minimum Gasteiger partial charge on any atom is -0.472 e. The van der Waals surface area contributed by atoms with E-state index in [4.69, 9.17) is 10.2 Å². The number of nitrogens with zero attached hydrogens (tertiary/aromatic N) is 1. The number of amidine groups is 1. The standard InChI is InChI=1S/C5H6N2O4/c8-4(9)3-6-1-2-7(3)5(10)11/h1-2H2,(H,8,9)(H,10,11)/p+1. The van der Waals surface area contributed by atoms with Crippen LogP contribution in [0, 0.1) is 0 Å².